The smallest absolute Gasteiger partial charge is 0.310 e. The first kappa shape index (κ1) is 17.5. The molecule has 1 aliphatic heterocycles. The number of carbonyl (C=O) groups is 1. The van der Waals surface area contributed by atoms with Crippen molar-refractivity contribution in [1.29, 1.82) is 0 Å². The van der Waals surface area contributed by atoms with E-state index in [1.54, 1.807) is 0 Å². The van der Waals surface area contributed by atoms with Crippen molar-refractivity contribution >= 4 is 5.97 Å². The van der Waals surface area contributed by atoms with Crippen molar-refractivity contribution in [3.05, 3.63) is 29.3 Å². The van der Waals surface area contributed by atoms with Crippen molar-refractivity contribution in [1.82, 2.24) is 0 Å². The molecule has 0 amide bonds. The molecule has 4 heteroatoms. The van der Waals surface area contributed by atoms with Gasteiger partial charge in [-0.3, -0.25) is 4.79 Å². The summed E-state index contributed by atoms with van der Waals surface area (Å²) in [4.78, 5) is 10.2. The van der Waals surface area contributed by atoms with Crippen LogP contribution in [0.2, 0.25) is 0 Å². The normalized spacial score (nSPS) is 17.0. The molecule has 0 bridgehead atoms. The minimum atomic E-state index is -0.736. The summed E-state index contributed by atoms with van der Waals surface area (Å²) < 4.78 is 5.50. The van der Waals surface area contributed by atoms with Crippen molar-refractivity contribution in [3.63, 3.8) is 0 Å². The molecule has 4 nitrogen and oxygen atoms in total. The molecule has 1 aliphatic carbocycles. The lowest BCUT2D eigenvalue weighted by Crippen LogP contribution is -2.24. The SMILES string of the molecule is CC.Cc1ccc2c(c1)OCCC2.NCC1(C(=O)O)CC1. The van der Waals surface area contributed by atoms with Gasteiger partial charge in [0.05, 0.1) is 12.0 Å². The average Bonchev–Trinajstić information content (AvgIpc) is 3.31. The van der Waals surface area contributed by atoms with Gasteiger partial charge in [0.1, 0.15) is 5.75 Å². The Balaban J connectivity index is 0.000000196. The monoisotopic (exact) mass is 293 g/mol. The summed E-state index contributed by atoms with van der Waals surface area (Å²) in [7, 11) is 0. The molecule has 21 heavy (non-hydrogen) atoms. The van der Waals surface area contributed by atoms with Crippen molar-refractivity contribution in [3.8, 4) is 5.75 Å². The summed E-state index contributed by atoms with van der Waals surface area (Å²) in [6, 6.07) is 6.44. The van der Waals surface area contributed by atoms with Crippen LogP contribution in [0.5, 0.6) is 5.75 Å². The van der Waals surface area contributed by atoms with Crippen molar-refractivity contribution < 1.29 is 14.6 Å². The van der Waals surface area contributed by atoms with Crippen molar-refractivity contribution in [2.45, 2.75) is 46.5 Å². The van der Waals surface area contributed by atoms with Gasteiger partial charge >= 0.3 is 5.97 Å². The Hall–Kier alpha value is -1.55. The van der Waals surface area contributed by atoms with Crippen LogP contribution < -0.4 is 10.5 Å². The van der Waals surface area contributed by atoms with Crippen LogP contribution in [0.25, 0.3) is 0 Å². The third kappa shape index (κ3) is 4.74. The maximum atomic E-state index is 10.2. The molecule has 0 saturated heterocycles. The van der Waals surface area contributed by atoms with E-state index in [1.165, 1.54) is 17.5 Å². The maximum absolute atomic E-state index is 10.2. The summed E-state index contributed by atoms with van der Waals surface area (Å²) in [6.07, 6.45) is 3.86. The summed E-state index contributed by atoms with van der Waals surface area (Å²) in [5, 5.41) is 8.42. The standard InChI is InChI=1S/C10H12O.C5H9NO2.C2H6/c1-8-4-5-9-3-2-6-11-10(9)7-8;6-3-5(1-2-5)4(7)8;1-2/h4-5,7H,2-3,6H2,1H3;1-3,6H2,(H,7,8);1-2H3. The molecule has 1 heterocycles. The fourth-order valence-electron chi connectivity index (χ4n) is 2.10. The van der Waals surface area contributed by atoms with Crippen LogP contribution in [0.1, 0.15) is 44.2 Å². The number of aliphatic carboxylic acids is 1. The van der Waals surface area contributed by atoms with E-state index in [1.807, 2.05) is 13.8 Å². The van der Waals surface area contributed by atoms with Crippen LogP contribution in [-0.2, 0) is 11.2 Å². The number of nitrogens with two attached hydrogens (primary N) is 1. The summed E-state index contributed by atoms with van der Waals surface area (Å²) >= 11 is 0. The van der Waals surface area contributed by atoms with E-state index >= 15 is 0 Å². The molecule has 118 valence electrons. The van der Waals surface area contributed by atoms with Gasteiger partial charge in [0.2, 0.25) is 0 Å². The summed E-state index contributed by atoms with van der Waals surface area (Å²) in [5.41, 5.74) is 7.32. The third-order valence-corrected chi connectivity index (χ3v) is 3.77. The van der Waals surface area contributed by atoms with Crippen LogP contribution in [-0.4, -0.2) is 24.2 Å². The molecule has 3 N–H and O–H groups in total. The maximum Gasteiger partial charge on any atom is 0.310 e. The quantitative estimate of drug-likeness (QED) is 0.878. The molecule has 1 saturated carbocycles. The van der Waals surface area contributed by atoms with Gasteiger partial charge in [0, 0.05) is 6.54 Å². The first-order valence-electron chi connectivity index (χ1n) is 7.73. The van der Waals surface area contributed by atoms with E-state index in [2.05, 4.69) is 25.1 Å². The summed E-state index contributed by atoms with van der Waals surface area (Å²) in [5.74, 6) is 0.358. The molecule has 0 radical (unpaired) electrons. The van der Waals surface area contributed by atoms with Crippen LogP contribution in [0.4, 0.5) is 0 Å². The molecule has 0 aromatic heterocycles. The zero-order chi connectivity index (χ0) is 15.9. The predicted octanol–water partition coefficient (Wildman–Crippen LogP) is 3.16. The lowest BCUT2D eigenvalue weighted by Gasteiger charge is -2.16. The lowest BCUT2D eigenvalue weighted by atomic mass is 10.0. The molecule has 3 rings (SSSR count). The van der Waals surface area contributed by atoms with Crippen LogP contribution in [0.3, 0.4) is 0 Å². The number of rotatable bonds is 2. The Labute approximate surface area is 127 Å². The van der Waals surface area contributed by atoms with E-state index in [0.29, 0.717) is 6.54 Å². The molecule has 0 atom stereocenters. The van der Waals surface area contributed by atoms with E-state index < -0.39 is 11.4 Å². The van der Waals surface area contributed by atoms with Crippen LogP contribution in [0.15, 0.2) is 18.2 Å². The predicted molar refractivity (Wildman–Crippen MR) is 84.7 cm³/mol. The highest BCUT2D eigenvalue weighted by atomic mass is 16.5. The van der Waals surface area contributed by atoms with Gasteiger partial charge in [-0.15, -0.1) is 0 Å². The molecule has 1 aromatic rings. The molecular formula is C17H27NO3. The zero-order valence-corrected chi connectivity index (χ0v) is 13.3. The molecule has 1 aromatic carbocycles. The Morgan fingerprint density at radius 1 is 1.38 bits per heavy atom. The Morgan fingerprint density at radius 2 is 2.05 bits per heavy atom. The van der Waals surface area contributed by atoms with E-state index in [4.69, 9.17) is 15.6 Å². The molecule has 0 spiro atoms. The second-order valence-corrected chi connectivity index (χ2v) is 5.35. The van der Waals surface area contributed by atoms with E-state index in [-0.39, 0.29) is 0 Å². The van der Waals surface area contributed by atoms with Crippen LogP contribution in [0, 0.1) is 12.3 Å². The highest BCUT2D eigenvalue weighted by Gasteiger charge is 2.48. The molecule has 0 unspecified atom stereocenters. The lowest BCUT2D eigenvalue weighted by molar-refractivity contribution is -0.142. The first-order chi connectivity index (χ1) is 10.1. The highest BCUT2D eigenvalue weighted by molar-refractivity contribution is 5.78. The van der Waals surface area contributed by atoms with Gasteiger partial charge in [-0.2, -0.15) is 0 Å². The third-order valence-electron chi connectivity index (χ3n) is 3.77. The van der Waals surface area contributed by atoms with Gasteiger partial charge in [-0.25, -0.2) is 0 Å². The minimum absolute atomic E-state index is 0.294. The number of carboxylic acid groups (broad SMARTS) is 1. The number of aryl methyl sites for hydroxylation is 2. The number of hydrogen-bond acceptors (Lipinski definition) is 3. The van der Waals surface area contributed by atoms with Gasteiger partial charge in [-0.05, 0) is 49.8 Å². The Morgan fingerprint density at radius 3 is 2.52 bits per heavy atom. The van der Waals surface area contributed by atoms with Crippen molar-refractivity contribution in [2.75, 3.05) is 13.2 Å². The number of carboxylic acids is 1. The fraction of sp³-hybridized carbons (Fsp3) is 0.588. The molecule has 2 aliphatic rings. The second kappa shape index (κ2) is 8.03. The van der Waals surface area contributed by atoms with Gasteiger partial charge in [0.15, 0.2) is 0 Å². The number of benzene rings is 1. The van der Waals surface area contributed by atoms with Gasteiger partial charge in [0.25, 0.3) is 0 Å². The van der Waals surface area contributed by atoms with Crippen molar-refractivity contribution in [2.24, 2.45) is 11.1 Å². The first-order valence-corrected chi connectivity index (χ1v) is 7.73. The minimum Gasteiger partial charge on any atom is -0.493 e. The number of ether oxygens (including phenoxy) is 1. The molecular weight excluding hydrogens is 266 g/mol. The zero-order valence-electron chi connectivity index (χ0n) is 13.3. The summed E-state index contributed by atoms with van der Waals surface area (Å²) in [6.45, 7) is 7.27. The van der Waals surface area contributed by atoms with E-state index in [9.17, 15) is 4.79 Å². The topological polar surface area (TPSA) is 72.5 Å². The highest BCUT2D eigenvalue weighted by Crippen LogP contribution is 2.44. The average molecular weight is 293 g/mol. The van der Waals surface area contributed by atoms with Gasteiger partial charge in [-0.1, -0.05) is 26.0 Å². The van der Waals surface area contributed by atoms with Gasteiger partial charge < -0.3 is 15.6 Å². The number of fused-ring (bicyclic) bond motifs is 1. The fourth-order valence-corrected chi connectivity index (χ4v) is 2.10. The number of hydrogen-bond donors (Lipinski definition) is 2. The second-order valence-electron chi connectivity index (χ2n) is 5.35. The van der Waals surface area contributed by atoms with Crippen LogP contribution >= 0.6 is 0 Å². The van der Waals surface area contributed by atoms with E-state index in [0.717, 1.165) is 31.6 Å². The largest absolute Gasteiger partial charge is 0.493 e. The Kier molecular flexibility index (Phi) is 6.69. The Bertz CT molecular complexity index is 467. The molecule has 1 fully saturated rings.